The number of rotatable bonds is 4. The maximum Gasteiger partial charge on any atom is 0.394 e. The van der Waals surface area contributed by atoms with E-state index in [9.17, 15) is 4.79 Å². The largest absolute Gasteiger partial charge is 0.478 e. The van der Waals surface area contributed by atoms with Crippen molar-refractivity contribution < 1.29 is 27.4 Å². The van der Waals surface area contributed by atoms with Crippen LogP contribution in [0, 0.1) is 0 Å². The van der Waals surface area contributed by atoms with Gasteiger partial charge < -0.3 is 10.0 Å². The average Bonchev–Trinajstić information content (AvgIpc) is 1.96. The van der Waals surface area contributed by atoms with E-state index in [2.05, 4.69) is 6.58 Å². The molecule has 0 saturated carbocycles. The van der Waals surface area contributed by atoms with Crippen molar-refractivity contribution in [3.05, 3.63) is 12.2 Å². The summed E-state index contributed by atoms with van der Waals surface area (Å²) in [6.45, 7) is 4.14. The highest BCUT2D eigenvalue weighted by Gasteiger charge is 2.02. The molecule has 0 aliphatic carbocycles. The molecule has 8 heteroatoms. The zero-order valence-electron chi connectivity index (χ0n) is 8.54. The van der Waals surface area contributed by atoms with Crippen LogP contribution in [0.25, 0.3) is 0 Å². The summed E-state index contributed by atoms with van der Waals surface area (Å²) in [6.07, 6.45) is 0.530. The van der Waals surface area contributed by atoms with E-state index in [4.69, 9.17) is 22.6 Å². The van der Waals surface area contributed by atoms with Crippen molar-refractivity contribution >= 4 is 16.4 Å². The fourth-order valence-electron chi connectivity index (χ4n) is 0.465. The lowest BCUT2D eigenvalue weighted by Gasteiger charge is -2.07. The van der Waals surface area contributed by atoms with Gasteiger partial charge in [-0.05, 0) is 20.5 Å². The van der Waals surface area contributed by atoms with Crippen LogP contribution < -0.4 is 0 Å². The Morgan fingerprint density at radius 1 is 1.33 bits per heavy atom. The van der Waals surface area contributed by atoms with Gasteiger partial charge in [0.2, 0.25) is 0 Å². The van der Waals surface area contributed by atoms with Gasteiger partial charge in [-0.15, -0.1) is 0 Å². The molecule has 0 aliphatic heterocycles. The first kappa shape index (κ1) is 16.5. The summed E-state index contributed by atoms with van der Waals surface area (Å²) in [4.78, 5) is 12.1. The summed E-state index contributed by atoms with van der Waals surface area (Å²) in [6, 6.07) is 0. The third-order valence-electron chi connectivity index (χ3n) is 1.16. The molecule has 15 heavy (non-hydrogen) atoms. The van der Waals surface area contributed by atoms with Crippen molar-refractivity contribution in [1.29, 1.82) is 0 Å². The van der Waals surface area contributed by atoms with Crippen molar-refractivity contribution in [2.75, 3.05) is 20.6 Å². The first-order chi connectivity index (χ1) is 6.54. The van der Waals surface area contributed by atoms with Crippen LogP contribution >= 0.6 is 0 Å². The van der Waals surface area contributed by atoms with Crippen LogP contribution in [0.4, 0.5) is 0 Å². The van der Waals surface area contributed by atoms with Gasteiger partial charge in [0, 0.05) is 12.1 Å². The number of hydrogen-bond donors (Lipinski definition) is 3. The number of hydrogen-bond acceptors (Lipinski definition) is 4. The molecule has 0 rings (SSSR count). The van der Waals surface area contributed by atoms with Gasteiger partial charge in [-0.2, -0.15) is 8.42 Å². The normalized spacial score (nSPS) is 10.5. The quantitative estimate of drug-likeness (QED) is 0.466. The Bertz CT molecular complexity index is 299. The summed E-state index contributed by atoms with van der Waals surface area (Å²) < 4.78 is 31.6. The molecule has 0 amide bonds. The lowest BCUT2D eigenvalue weighted by Crippen LogP contribution is -2.15. The molecule has 90 valence electrons. The summed E-state index contributed by atoms with van der Waals surface area (Å²) >= 11 is 0. The van der Waals surface area contributed by atoms with Gasteiger partial charge in [0.05, 0.1) is 0 Å². The van der Waals surface area contributed by atoms with Gasteiger partial charge in [-0.1, -0.05) is 6.58 Å². The standard InChI is InChI=1S/C7H13NO2.H2O4S/c1-6(7(9)10)4-5-8(2)3;1-5(2,3)4/h1,4-5H2,2-3H3,(H,9,10);(H2,1,2,3,4). The minimum atomic E-state index is -4.67. The topological polar surface area (TPSA) is 115 Å². The van der Waals surface area contributed by atoms with Crippen LogP contribution in [-0.4, -0.2) is 54.1 Å². The summed E-state index contributed by atoms with van der Waals surface area (Å²) in [5.74, 6) is -0.901. The van der Waals surface area contributed by atoms with E-state index in [1.807, 2.05) is 19.0 Å². The van der Waals surface area contributed by atoms with E-state index in [0.717, 1.165) is 6.54 Å². The summed E-state index contributed by atoms with van der Waals surface area (Å²) in [7, 11) is -0.871. The first-order valence-corrected chi connectivity index (χ1v) is 5.19. The van der Waals surface area contributed by atoms with E-state index >= 15 is 0 Å². The molecule has 0 bridgehead atoms. The molecule has 0 aromatic heterocycles. The zero-order chi connectivity index (χ0) is 12.6. The van der Waals surface area contributed by atoms with Crippen LogP contribution in [0.5, 0.6) is 0 Å². The molecule has 0 aromatic carbocycles. The fourth-order valence-corrected chi connectivity index (χ4v) is 0.465. The lowest BCUT2D eigenvalue weighted by molar-refractivity contribution is -0.132. The number of aliphatic carboxylic acids is 1. The van der Waals surface area contributed by atoms with Gasteiger partial charge in [0.1, 0.15) is 0 Å². The molecule has 0 radical (unpaired) electrons. The molecule has 0 heterocycles. The van der Waals surface area contributed by atoms with Crippen molar-refractivity contribution in [2.45, 2.75) is 6.42 Å². The summed E-state index contributed by atoms with van der Waals surface area (Å²) in [5.41, 5.74) is 0.272. The minimum Gasteiger partial charge on any atom is -0.478 e. The highest BCUT2D eigenvalue weighted by Crippen LogP contribution is 1.97. The molecular weight excluding hydrogens is 226 g/mol. The van der Waals surface area contributed by atoms with E-state index in [0.29, 0.717) is 6.42 Å². The molecule has 0 aromatic rings. The predicted octanol–water partition coefficient (Wildman–Crippen LogP) is -0.0739. The number of nitrogens with zero attached hydrogens (tertiary/aromatic N) is 1. The fraction of sp³-hybridized carbons (Fsp3) is 0.571. The minimum absolute atomic E-state index is 0.272. The Balaban J connectivity index is 0. The average molecular weight is 241 g/mol. The maximum atomic E-state index is 10.2. The Labute approximate surface area is 88.6 Å². The molecule has 0 unspecified atom stereocenters. The predicted molar refractivity (Wildman–Crippen MR) is 54.1 cm³/mol. The zero-order valence-corrected chi connectivity index (χ0v) is 9.36. The van der Waals surface area contributed by atoms with Crippen molar-refractivity contribution in [3.63, 3.8) is 0 Å². The van der Waals surface area contributed by atoms with Crippen molar-refractivity contribution in [3.8, 4) is 0 Å². The SMILES string of the molecule is C=C(CCN(C)C)C(=O)O.O=S(=O)(O)O. The molecule has 0 atom stereocenters. The third-order valence-corrected chi connectivity index (χ3v) is 1.16. The Kier molecular flexibility index (Phi) is 8.07. The smallest absolute Gasteiger partial charge is 0.394 e. The van der Waals surface area contributed by atoms with Crippen LogP contribution in [-0.2, 0) is 15.2 Å². The van der Waals surface area contributed by atoms with E-state index in [1.165, 1.54) is 0 Å². The molecule has 0 aliphatic rings. The van der Waals surface area contributed by atoms with E-state index in [-0.39, 0.29) is 5.57 Å². The Morgan fingerprint density at radius 2 is 1.67 bits per heavy atom. The van der Waals surface area contributed by atoms with Crippen LogP contribution in [0.3, 0.4) is 0 Å². The second-order valence-electron chi connectivity index (χ2n) is 2.91. The monoisotopic (exact) mass is 241 g/mol. The van der Waals surface area contributed by atoms with Crippen LogP contribution in [0.15, 0.2) is 12.2 Å². The number of carboxylic acids is 1. The van der Waals surface area contributed by atoms with Gasteiger partial charge in [0.25, 0.3) is 0 Å². The van der Waals surface area contributed by atoms with Gasteiger partial charge >= 0.3 is 16.4 Å². The molecule has 7 nitrogen and oxygen atoms in total. The number of carboxylic acid groups (broad SMARTS) is 1. The van der Waals surface area contributed by atoms with Gasteiger partial charge in [-0.25, -0.2) is 4.79 Å². The molecule has 3 N–H and O–H groups in total. The molecular formula is C7H15NO6S. The second-order valence-corrected chi connectivity index (χ2v) is 3.81. The second kappa shape index (κ2) is 7.35. The molecule has 0 spiro atoms. The highest BCUT2D eigenvalue weighted by atomic mass is 32.3. The van der Waals surface area contributed by atoms with Crippen molar-refractivity contribution in [1.82, 2.24) is 4.90 Å². The first-order valence-electron chi connectivity index (χ1n) is 3.79. The lowest BCUT2D eigenvalue weighted by atomic mass is 10.2. The van der Waals surface area contributed by atoms with Crippen molar-refractivity contribution in [2.24, 2.45) is 0 Å². The van der Waals surface area contributed by atoms with Gasteiger partial charge in [-0.3, -0.25) is 9.11 Å². The van der Waals surface area contributed by atoms with Gasteiger partial charge in [0.15, 0.2) is 0 Å². The number of carbonyl (C=O) groups is 1. The highest BCUT2D eigenvalue weighted by molar-refractivity contribution is 7.79. The summed E-state index contributed by atoms with van der Waals surface area (Å²) in [5, 5.41) is 8.38. The molecule has 0 fully saturated rings. The Hall–Kier alpha value is -0.960. The third kappa shape index (κ3) is 24.6. The van der Waals surface area contributed by atoms with E-state index < -0.39 is 16.4 Å². The Morgan fingerprint density at radius 3 is 1.87 bits per heavy atom. The van der Waals surface area contributed by atoms with Crippen LogP contribution in [0.1, 0.15) is 6.42 Å². The molecule has 0 saturated heterocycles. The maximum absolute atomic E-state index is 10.2. The van der Waals surface area contributed by atoms with Crippen LogP contribution in [0.2, 0.25) is 0 Å². The van der Waals surface area contributed by atoms with E-state index in [1.54, 1.807) is 0 Å².